The minimum atomic E-state index is -0.241. The van der Waals surface area contributed by atoms with Gasteiger partial charge in [0.2, 0.25) is 5.91 Å². The number of nitrogens with zero attached hydrogens (tertiary/aromatic N) is 2. The van der Waals surface area contributed by atoms with E-state index in [1.165, 1.54) is 42.4 Å². The molecule has 1 aliphatic heterocycles. The van der Waals surface area contributed by atoms with Gasteiger partial charge in [-0.1, -0.05) is 30.2 Å². The van der Waals surface area contributed by atoms with Gasteiger partial charge in [0, 0.05) is 16.8 Å². The van der Waals surface area contributed by atoms with Crippen LogP contribution in [0.3, 0.4) is 0 Å². The SMILES string of the molecule is CC(Sc1ccccc1Cl)C(=O)Nc1nc(CN2CCCCC2)cs1. The van der Waals surface area contributed by atoms with Crippen molar-refractivity contribution in [2.24, 2.45) is 0 Å². The molecule has 2 aromatic rings. The maximum atomic E-state index is 12.4. The highest BCUT2D eigenvalue weighted by Gasteiger charge is 2.18. The number of thioether (sulfide) groups is 1. The summed E-state index contributed by atoms with van der Waals surface area (Å²) in [6.45, 7) is 5.04. The second-order valence-corrected chi connectivity index (χ2v) is 8.81. The molecular formula is C18H22ClN3OS2. The fourth-order valence-corrected chi connectivity index (χ4v) is 4.63. The van der Waals surface area contributed by atoms with Crippen LogP contribution in [0, 0.1) is 0 Å². The fourth-order valence-electron chi connectivity index (χ4n) is 2.77. The molecule has 1 atom stereocenters. The molecule has 3 rings (SSSR count). The quantitative estimate of drug-likeness (QED) is 0.706. The molecule has 0 saturated carbocycles. The largest absolute Gasteiger partial charge is 0.301 e. The predicted molar refractivity (Wildman–Crippen MR) is 107 cm³/mol. The highest BCUT2D eigenvalue weighted by molar-refractivity contribution is 8.00. The molecule has 1 N–H and O–H groups in total. The van der Waals surface area contributed by atoms with E-state index in [1.54, 1.807) is 0 Å². The third-order valence-corrected chi connectivity index (χ3v) is 6.55. The standard InChI is InChI=1S/C18H22ClN3OS2/c1-13(25-16-8-4-3-7-15(16)19)17(23)21-18-20-14(12-24-18)11-22-9-5-2-6-10-22/h3-4,7-8,12-13H,2,5-6,9-11H2,1H3,(H,20,21,23). The number of anilines is 1. The Hall–Kier alpha value is -1.08. The van der Waals surface area contributed by atoms with E-state index in [1.807, 2.05) is 36.6 Å². The highest BCUT2D eigenvalue weighted by Crippen LogP contribution is 2.30. The number of halogens is 1. The lowest BCUT2D eigenvalue weighted by Crippen LogP contribution is -2.29. The van der Waals surface area contributed by atoms with E-state index in [4.69, 9.17) is 11.6 Å². The zero-order valence-electron chi connectivity index (χ0n) is 14.2. The van der Waals surface area contributed by atoms with E-state index in [-0.39, 0.29) is 11.2 Å². The Morgan fingerprint density at radius 3 is 2.88 bits per heavy atom. The van der Waals surface area contributed by atoms with Gasteiger partial charge in [-0.2, -0.15) is 0 Å². The fraction of sp³-hybridized carbons (Fsp3) is 0.444. The van der Waals surface area contributed by atoms with Crippen molar-refractivity contribution in [3.05, 3.63) is 40.4 Å². The number of piperidine rings is 1. The Morgan fingerprint density at radius 2 is 2.12 bits per heavy atom. The molecule has 1 aliphatic rings. The van der Waals surface area contributed by atoms with Crippen molar-refractivity contribution in [3.63, 3.8) is 0 Å². The first kappa shape index (κ1) is 18.7. The first-order valence-electron chi connectivity index (χ1n) is 8.50. The van der Waals surface area contributed by atoms with Crippen LogP contribution in [0.1, 0.15) is 31.9 Å². The zero-order valence-corrected chi connectivity index (χ0v) is 16.6. The summed E-state index contributed by atoms with van der Waals surface area (Å²) in [6, 6.07) is 7.57. The van der Waals surface area contributed by atoms with Crippen LogP contribution in [-0.2, 0) is 11.3 Å². The molecule has 0 bridgehead atoms. The number of amides is 1. The average Bonchev–Trinajstić information content (AvgIpc) is 3.04. The van der Waals surface area contributed by atoms with Gasteiger partial charge in [-0.3, -0.25) is 9.69 Å². The number of carbonyl (C=O) groups is 1. The van der Waals surface area contributed by atoms with Crippen LogP contribution in [0.4, 0.5) is 5.13 Å². The maximum Gasteiger partial charge on any atom is 0.239 e. The molecule has 1 aromatic heterocycles. The van der Waals surface area contributed by atoms with E-state index >= 15 is 0 Å². The summed E-state index contributed by atoms with van der Waals surface area (Å²) in [6.07, 6.45) is 3.87. The van der Waals surface area contributed by atoms with Crippen LogP contribution in [0.2, 0.25) is 5.02 Å². The molecular weight excluding hydrogens is 374 g/mol. The average molecular weight is 396 g/mol. The normalized spacial score (nSPS) is 16.6. The van der Waals surface area contributed by atoms with Crippen LogP contribution in [0.15, 0.2) is 34.5 Å². The summed E-state index contributed by atoms with van der Waals surface area (Å²) in [4.78, 5) is 20.3. The number of nitrogens with one attached hydrogen (secondary N) is 1. The molecule has 0 spiro atoms. The molecule has 2 heterocycles. The van der Waals surface area contributed by atoms with Crippen molar-refractivity contribution in [2.75, 3.05) is 18.4 Å². The van der Waals surface area contributed by atoms with Gasteiger partial charge >= 0.3 is 0 Å². The number of thiazole rings is 1. The Morgan fingerprint density at radius 1 is 1.36 bits per heavy atom. The second-order valence-electron chi connectivity index (χ2n) is 6.16. The van der Waals surface area contributed by atoms with Crippen molar-refractivity contribution >= 4 is 45.7 Å². The second kappa shape index (κ2) is 9.03. The van der Waals surface area contributed by atoms with E-state index < -0.39 is 0 Å². The predicted octanol–water partition coefficient (Wildman–Crippen LogP) is 4.90. The van der Waals surface area contributed by atoms with Crippen LogP contribution >= 0.6 is 34.7 Å². The van der Waals surface area contributed by atoms with Crippen LogP contribution in [0.25, 0.3) is 0 Å². The Kier molecular flexibility index (Phi) is 6.76. The molecule has 1 saturated heterocycles. The lowest BCUT2D eigenvalue weighted by molar-refractivity contribution is -0.115. The number of rotatable bonds is 6. The molecule has 1 fully saturated rings. The monoisotopic (exact) mass is 395 g/mol. The third-order valence-electron chi connectivity index (χ3n) is 4.13. The molecule has 7 heteroatoms. The molecule has 0 radical (unpaired) electrons. The summed E-state index contributed by atoms with van der Waals surface area (Å²) in [5.41, 5.74) is 1.04. The maximum absolute atomic E-state index is 12.4. The summed E-state index contributed by atoms with van der Waals surface area (Å²) in [7, 11) is 0. The smallest absolute Gasteiger partial charge is 0.239 e. The van der Waals surface area contributed by atoms with Crippen molar-refractivity contribution in [3.8, 4) is 0 Å². The van der Waals surface area contributed by atoms with E-state index in [9.17, 15) is 4.79 Å². The van der Waals surface area contributed by atoms with Gasteiger partial charge in [-0.15, -0.1) is 23.1 Å². The van der Waals surface area contributed by atoms with Gasteiger partial charge in [0.05, 0.1) is 16.0 Å². The summed E-state index contributed by atoms with van der Waals surface area (Å²) >= 11 is 9.11. The number of carbonyl (C=O) groups excluding carboxylic acids is 1. The molecule has 1 aromatic carbocycles. The van der Waals surface area contributed by atoms with Gasteiger partial charge < -0.3 is 5.32 Å². The molecule has 0 aliphatic carbocycles. The van der Waals surface area contributed by atoms with Crippen LogP contribution < -0.4 is 5.32 Å². The van der Waals surface area contributed by atoms with Crippen LogP contribution in [0.5, 0.6) is 0 Å². The Bertz CT molecular complexity index is 716. The highest BCUT2D eigenvalue weighted by atomic mass is 35.5. The van der Waals surface area contributed by atoms with E-state index in [0.29, 0.717) is 10.2 Å². The van der Waals surface area contributed by atoms with E-state index in [0.717, 1.165) is 30.2 Å². The molecule has 1 unspecified atom stereocenters. The van der Waals surface area contributed by atoms with Gasteiger partial charge in [-0.25, -0.2) is 4.98 Å². The Balaban J connectivity index is 1.53. The first-order chi connectivity index (χ1) is 12.1. The zero-order chi connectivity index (χ0) is 17.6. The van der Waals surface area contributed by atoms with Gasteiger partial charge in [-0.05, 0) is 45.0 Å². The summed E-state index contributed by atoms with van der Waals surface area (Å²) in [5, 5.41) is 6.06. The minimum Gasteiger partial charge on any atom is -0.301 e. The molecule has 1 amide bonds. The molecule has 4 nitrogen and oxygen atoms in total. The van der Waals surface area contributed by atoms with Crippen molar-refractivity contribution in [1.82, 2.24) is 9.88 Å². The van der Waals surface area contributed by atoms with E-state index in [2.05, 4.69) is 15.2 Å². The first-order valence-corrected chi connectivity index (χ1v) is 10.6. The number of hydrogen-bond acceptors (Lipinski definition) is 5. The number of aromatic nitrogens is 1. The lowest BCUT2D eigenvalue weighted by Gasteiger charge is -2.25. The van der Waals surface area contributed by atoms with Gasteiger partial charge in [0.1, 0.15) is 0 Å². The summed E-state index contributed by atoms with van der Waals surface area (Å²) in [5.74, 6) is -0.0520. The van der Waals surface area contributed by atoms with Crippen molar-refractivity contribution < 1.29 is 4.79 Å². The molecule has 25 heavy (non-hydrogen) atoms. The molecule has 134 valence electrons. The Labute approximate surface area is 162 Å². The minimum absolute atomic E-state index is 0.0520. The number of benzene rings is 1. The lowest BCUT2D eigenvalue weighted by atomic mass is 10.1. The van der Waals surface area contributed by atoms with Crippen molar-refractivity contribution in [2.45, 2.75) is 42.9 Å². The third kappa shape index (κ3) is 5.45. The summed E-state index contributed by atoms with van der Waals surface area (Å²) < 4.78 is 0. The van der Waals surface area contributed by atoms with Gasteiger partial charge in [0.15, 0.2) is 5.13 Å². The van der Waals surface area contributed by atoms with Gasteiger partial charge in [0.25, 0.3) is 0 Å². The number of likely N-dealkylation sites (tertiary alicyclic amines) is 1. The topological polar surface area (TPSA) is 45.2 Å². The number of hydrogen-bond donors (Lipinski definition) is 1. The van der Waals surface area contributed by atoms with Crippen molar-refractivity contribution in [1.29, 1.82) is 0 Å². The van der Waals surface area contributed by atoms with Crippen LogP contribution in [-0.4, -0.2) is 34.1 Å².